The van der Waals surface area contributed by atoms with Crippen molar-refractivity contribution >= 4 is 11.6 Å². The maximum atomic E-state index is 13.1. The van der Waals surface area contributed by atoms with Crippen LogP contribution in [0.25, 0.3) is 0 Å². The highest BCUT2D eigenvalue weighted by molar-refractivity contribution is 5.94. The summed E-state index contributed by atoms with van der Waals surface area (Å²) in [5.41, 5.74) is 2.56. The van der Waals surface area contributed by atoms with Crippen molar-refractivity contribution in [3.05, 3.63) is 59.4 Å². The molecule has 0 saturated heterocycles. The Morgan fingerprint density at radius 2 is 1.81 bits per heavy atom. The highest BCUT2D eigenvalue weighted by atomic mass is 19.1. The maximum Gasteiger partial charge on any atom is 0.265 e. The minimum absolute atomic E-state index is 0.320. The number of carbonyl (C=O) groups excluding carboxylic acids is 1. The van der Waals surface area contributed by atoms with Crippen molar-refractivity contribution in [1.29, 1.82) is 0 Å². The molecule has 0 unspecified atom stereocenters. The van der Waals surface area contributed by atoms with Crippen LogP contribution in [0.3, 0.4) is 0 Å². The lowest BCUT2D eigenvalue weighted by atomic mass is 10.1. The van der Waals surface area contributed by atoms with Gasteiger partial charge in [-0.3, -0.25) is 4.79 Å². The number of aryl methyl sites for hydroxylation is 2. The van der Waals surface area contributed by atoms with Crippen molar-refractivity contribution in [3.8, 4) is 5.75 Å². The quantitative estimate of drug-likeness (QED) is 0.927. The van der Waals surface area contributed by atoms with E-state index in [2.05, 4.69) is 5.32 Å². The molecule has 0 fully saturated rings. The summed E-state index contributed by atoms with van der Waals surface area (Å²) < 4.78 is 18.7. The number of rotatable bonds is 4. The Hall–Kier alpha value is -2.36. The third-order valence-electron chi connectivity index (χ3n) is 2.97. The Morgan fingerprint density at radius 1 is 1.14 bits per heavy atom. The van der Waals surface area contributed by atoms with Crippen LogP contribution in [-0.4, -0.2) is 12.0 Å². The van der Waals surface area contributed by atoms with Crippen LogP contribution >= 0.6 is 0 Å². The average molecular weight is 287 g/mol. The fourth-order valence-electron chi connectivity index (χ4n) is 2.07. The van der Waals surface area contributed by atoms with Gasteiger partial charge in [0.25, 0.3) is 5.91 Å². The van der Waals surface area contributed by atoms with Gasteiger partial charge in [0.15, 0.2) is 6.10 Å². The van der Waals surface area contributed by atoms with Crippen molar-refractivity contribution in [1.82, 2.24) is 0 Å². The van der Waals surface area contributed by atoms with E-state index in [0.29, 0.717) is 11.4 Å². The molecule has 0 spiro atoms. The molecule has 2 aromatic rings. The van der Waals surface area contributed by atoms with E-state index in [4.69, 9.17) is 4.74 Å². The summed E-state index contributed by atoms with van der Waals surface area (Å²) in [6.45, 7) is 5.60. The van der Waals surface area contributed by atoms with Crippen LogP contribution < -0.4 is 10.1 Å². The zero-order valence-electron chi connectivity index (χ0n) is 12.3. The van der Waals surface area contributed by atoms with Crippen molar-refractivity contribution < 1.29 is 13.9 Å². The van der Waals surface area contributed by atoms with Crippen LogP contribution in [0.4, 0.5) is 10.1 Å². The number of carbonyl (C=O) groups is 1. The number of anilines is 1. The molecule has 2 rings (SSSR count). The lowest BCUT2D eigenvalue weighted by Crippen LogP contribution is -2.30. The SMILES string of the molecule is Cc1cc(C)cc(O[C@@H](C)C(=O)Nc2cccc(F)c2)c1. The maximum absolute atomic E-state index is 13.1. The highest BCUT2D eigenvalue weighted by Gasteiger charge is 2.15. The second-order valence-corrected chi connectivity index (χ2v) is 5.08. The first-order chi connectivity index (χ1) is 9.94. The minimum atomic E-state index is -0.672. The molecule has 0 bridgehead atoms. The van der Waals surface area contributed by atoms with Crippen LogP contribution in [0.15, 0.2) is 42.5 Å². The van der Waals surface area contributed by atoms with E-state index in [-0.39, 0.29) is 5.91 Å². The van der Waals surface area contributed by atoms with Crippen LogP contribution in [0.1, 0.15) is 18.1 Å². The molecule has 0 radical (unpaired) electrons. The molecular formula is C17H18FNO2. The lowest BCUT2D eigenvalue weighted by Gasteiger charge is -2.15. The first-order valence-corrected chi connectivity index (χ1v) is 6.75. The van der Waals surface area contributed by atoms with E-state index < -0.39 is 11.9 Å². The van der Waals surface area contributed by atoms with Gasteiger partial charge in [-0.1, -0.05) is 12.1 Å². The Kier molecular flexibility index (Phi) is 4.58. The zero-order valence-corrected chi connectivity index (χ0v) is 12.3. The summed E-state index contributed by atoms with van der Waals surface area (Å²) in [5, 5.41) is 2.63. The summed E-state index contributed by atoms with van der Waals surface area (Å²) in [7, 11) is 0. The molecule has 21 heavy (non-hydrogen) atoms. The van der Waals surface area contributed by atoms with Gasteiger partial charge in [0.2, 0.25) is 0 Å². The molecule has 2 aromatic carbocycles. The van der Waals surface area contributed by atoms with Crippen LogP contribution in [0, 0.1) is 19.7 Å². The topological polar surface area (TPSA) is 38.3 Å². The molecule has 110 valence electrons. The van der Waals surface area contributed by atoms with Crippen molar-refractivity contribution in [2.45, 2.75) is 26.9 Å². The van der Waals surface area contributed by atoms with Gasteiger partial charge in [-0.15, -0.1) is 0 Å². The van der Waals surface area contributed by atoms with E-state index in [9.17, 15) is 9.18 Å². The highest BCUT2D eigenvalue weighted by Crippen LogP contribution is 2.18. The normalized spacial score (nSPS) is 11.8. The fraction of sp³-hybridized carbons (Fsp3) is 0.235. The molecular weight excluding hydrogens is 269 g/mol. The van der Waals surface area contributed by atoms with E-state index in [1.165, 1.54) is 12.1 Å². The Bertz CT molecular complexity index is 635. The number of amides is 1. The van der Waals surface area contributed by atoms with Crippen LogP contribution in [0.2, 0.25) is 0 Å². The Labute approximate surface area is 123 Å². The summed E-state index contributed by atoms with van der Waals surface area (Å²) in [5.74, 6) is -0.0650. The molecule has 0 aromatic heterocycles. The molecule has 1 N–H and O–H groups in total. The van der Waals surface area contributed by atoms with Gasteiger partial charge in [0, 0.05) is 5.69 Å². The largest absolute Gasteiger partial charge is 0.481 e. The van der Waals surface area contributed by atoms with Gasteiger partial charge in [-0.05, 0) is 62.2 Å². The van der Waals surface area contributed by atoms with Gasteiger partial charge in [-0.25, -0.2) is 4.39 Å². The number of hydrogen-bond donors (Lipinski definition) is 1. The molecule has 4 heteroatoms. The number of halogens is 1. The van der Waals surface area contributed by atoms with Crippen LogP contribution in [-0.2, 0) is 4.79 Å². The number of nitrogens with one attached hydrogen (secondary N) is 1. The summed E-state index contributed by atoms with van der Waals surface area (Å²) in [4.78, 5) is 12.0. The lowest BCUT2D eigenvalue weighted by molar-refractivity contribution is -0.122. The standard InChI is InChI=1S/C17H18FNO2/c1-11-7-12(2)9-16(8-11)21-13(3)17(20)19-15-6-4-5-14(18)10-15/h4-10,13H,1-3H3,(H,19,20)/t13-/m0/s1. The Morgan fingerprint density at radius 3 is 2.43 bits per heavy atom. The zero-order chi connectivity index (χ0) is 15.4. The summed E-state index contributed by atoms with van der Waals surface area (Å²) in [6, 6.07) is 11.5. The van der Waals surface area contributed by atoms with E-state index in [1.807, 2.05) is 32.0 Å². The predicted octanol–water partition coefficient (Wildman–Crippen LogP) is 3.85. The third kappa shape index (κ3) is 4.31. The van der Waals surface area contributed by atoms with Gasteiger partial charge < -0.3 is 10.1 Å². The van der Waals surface area contributed by atoms with Gasteiger partial charge in [0.1, 0.15) is 11.6 Å². The minimum Gasteiger partial charge on any atom is -0.481 e. The molecule has 1 atom stereocenters. The summed E-state index contributed by atoms with van der Waals surface area (Å²) >= 11 is 0. The van der Waals surface area contributed by atoms with E-state index in [1.54, 1.807) is 19.1 Å². The molecule has 0 saturated carbocycles. The van der Waals surface area contributed by atoms with Crippen LogP contribution in [0.5, 0.6) is 5.75 Å². The first kappa shape index (κ1) is 15.0. The molecule has 0 heterocycles. The van der Waals surface area contributed by atoms with Crippen molar-refractivity contribution in [2.24, 2.45) is 0 Å². The second kappa shape index (κ2) is 6.39. The fourth-order valence-corrected chi connectivity index (χ4v) is 2.07. The van der Waals surface area contributed by atoms with Gasteiger partial charge in [0.05, 0.1) is 0 Å². The van der Waals surface area contributed by atoms with Gasteiger partial charge >= 0.3 is 0 Å². The molecule has 0 aliphatic rings. The predicted molar refractivity (Wildman–Crippen MR) is 81.0 cm³/mol. The van der Waals surface area contributed by atoms with Crippen molar-refractivity contribution in [2.75, 3.05) is 5.32 Å². The van der Waals surface area contributed by atoms with Gasteiger partial charge in [-0.2, -0.15) is 0 Å². The van der Waals surface area contributed by atoms with E-state index in [0.717, 1.165) is 11.1 Å². The smallest absolute Gasteiger partial charge is 0.265 e. The molecule has 3 nitrogen and oxygen atoms in total. The number of hydrogen-bond acceptors (Lipinski definition) is 2. The van der Waals surface area contributed by atoms with E-state index >= 15 is 0 Å². The molecule has 0 aliphatic carbocycles. The first-order valence-electron chi connectivity index (χ1n) is 6.75. The second-order valence-electron chi connectivity index (χ2n) is 5.08. The number of ether oxygens (including phenoxy) is 1. The molecule has 0 aliphatic heterocycles. The monoisotopic (exact) mass is 287 g/mol. The van der Waals surface area contributed by atoms with Crippen molar-refractivity contribution in [3.63, 3.8) is 0 Å². The summed E-state index contributed by atoms with van der Waals surface area (Å²) in [6.07, 6.45) is -0.672. The third-order valence-corrected chi connectivity index (χ3v) is 2.97. The average Bonchev–Trinajstić information content (AvgIpc) is 2.37. The number of benzene rings is 2. The molecule has 1 amide bonds. The Balaban J connectivity index is 2.02.